The van der Waals surface area contributed by atoms with Crippen LogP contribution < -0.4 is 0 Å². The van der Waals surface area contributed by atoms with Crippen molar-refractivity contribution in [1.29, 1.82) is 0 Å². The number of rotatable bonds is 4. The zero-order chi connectivity index (χ0) is 11.4. The number of aliphatic hydroxyl groups excluding tert-OH is 2. The van der Waals surface area contributed by atoms with Gasteiger partial charge in [-0.2, -0.15) is 0 Å². The fraction of sp³-hybridized carbons (Fsp3) is 1.00. The Morgan fingerprint density at radius 1 is 0.933 bits per heavy atom. The van der Waals surface area contributed by atoms with Crippen LogP contribution in [0.25, 0.3) is 0 Å². The third kappa shape index (κ3) is 3.41. The molecule has 1 heterocycles. The lowest BCUT2D eigenvalue weighted by Crippen LogP contribution is -2.55. The smallest absolute Gasteiger partial charge is 0.107 e. The standard InChI is InChI=1S/C11H24N2O2/c1-9(12-7-5-4-6-8-12)13(10(2)14)11(3)15/h9-11,14-15H,4-8H2,1-3H3. The van der Waals surface area contributed by atoms with Gasteiger partial charge in [-0.15, -0.1) is 0 Å². The summed E-state index contributed by atoms with van der Waals surface area (Å²) < 4.78 is 0. The predicted molar refractivity (Wildman–Crippen MR) is 60.1 cm³/mol. The van der Waals surface area contributed by atoms with Crippen LogP contribution in [-0.2, 0) is 0 Å². The lowest BCUT2D eigenvalue weighted by atomic mass is 10.1. The van der Waals surface area contributed by atoms with Crippen molar-refractivity contribution in [2.24, 2.45) is 0 Å². The second kappa shape index (κ2) is 5.80. The first-order valence-electron chi connectivity index (χ1n) is 5.91. The molecule has 0 aromatic heterocycles. The Balaban J connectivity index is 2.57. The molecule has 0 amide bonds. The third-order valence-electron chi connectivity index (χ3n) is 3.21. The summed E-state index contributed by atoms with van der Waals surface area (Å²) in [7, 11) is 0. The van der Waals surface area contributed by atoms with Crippen LogP contribution in [-0.4, -0.2) is 51.7 Å². The van der Waals surface area contributed by atoms with Crippen molar-refractivity contribution in [1.82, 2.24) is 9.80 Å². The lowest BCUT2D eigenvalue weighted by Gasteiger charge is -2.42. The van der Waals surface area contributed by atoms with Crippen molar-refractivity contribution in [2.75, 3.05) is 13.1 Å². The molecular formula is C11H24N2O2. The Labute approximate surface area is 92.5 Å². The highest BCUT2D eigenvalue weighted by molar-refractivity contribution is 4.74. The van der Waals surface area contributed by atoms with Crippen molar-refractivity contribution in [2.45, 2.75) is 58.7 Å². The third-order valence-corrected chi connectivity index (χ3v) is 3.21. The highest BCUT2D eigenvalue weighted by atomic mass is 16.3. The molecule has 0 bridgehead atoms. The van der Waals surface area contributed by atoms with Crippen LogP contribution in [0.2, 0.25) is 0 Å². The Morgan fingerprint density at radius 3 is 1.80 bits per heavy atom. The van der Waals surface area contributed by atoms with Crippen LogP contribution in [0.3, 0.4) is 0 Å². The summed E-state index contributed by atoms with van der Waals surface area (Å²) in [6.07, 6.45) is 2.62. The van der Waals surface area contributed by atoms with Crippen molar-refractivity contribution in [3.05, 3.63) is 0 Å². The first kappa shape index (κ1) is 12.9. The second-order valence-corrected chi connectivity index (χ2v) is 4.44. The average molecular weight is 216 g/mol. The molecule has 0 aliphatic carbocycles. The summed E-state index contributed by atoms with van der Waals surface area (Å²) in [5, 5.41) is 19.2. The van der Waals surface area contributed by atoms with Crippen molar-refractivity contribution in [3.63, 3.8) is 0 Å². The number of nitrogens with zero attached hydrogens (tertiary/aromatic N) is 2. The van der Waals surface area contributed by atoms with E-state index in [1.165, 1.54) is 19.3 Å². The summed E-state index contributed by atoms with van der Waals surface area (Å²) in [5.74, 6) is 0. The quantitative estimate of drug-likeness (QED) is 0.682. The van der Waals surface area contributed by atoms with Gasteiger partial charge >= 0.3 is 0 Å². The summed E-state index contributed by atoms with van der Waals surface area (Å²) in [5.41, 5.74) is 0. The fourth-order valence-electron chi connectivity index (χ4n) is 2.42. The average Bonchev–Trinajstić information content (AvgIpc) is 2.18. The largest absolute Gasteiger partial charge is 0.379 e. The molecule has 1 aliphatic heterocycles. The molecule has 3 unspecified atom stereocenters. The molecule has 0 aromatic rings. The maximum absolute atomic E-state index is 9.62. The topological polar surface area (TPSA) is 46.9 Å². The van der Waals surface area contributed by atoms with Gasteiger partial charge in [0.25, 0.3) is 0 Å². The van der Waals surface area contributed by atoms with Gasteiger partial charge in [0.2, 0.25) is 0 Å². The number of likely N-dealkylation sites (tertiary alicyclic amines) is 1. The molecule has 1 aliphatic rings. The van der Waals surface area contributed by atoms with Crippen molar-refractivity contribution >= 4 is 0 Å². The first-order chi connectivity index (χ1) is 7.04. The molecule has 0 saturated carbocycles. The first-order valence-corrected chi connectivity index (χ1v) is 5.91. The summed E-state index contributed by atoms with van der Waals surface area (Å²) in [6.45, 7) is 7.58. The van der Waals surface area contributed by atoms with Crippen LogP contribution in [0.4, 0.5) is 0 Å². The molecular weight excluding hydrogens is 192 g/mol. The Kier molecular flexibility index (Phi) is 4.99. The minimum absolute atomic E-state index is 0.102. The number of hydrogen-bond donors (Lipinski definition) is 2. The molecule has 15 heavy (non-hydrogen) atoms. The van der Waals surface area contributed by atoms with Gasteiger partial charge in [-0.3, -0.25) is 4.90 Å². The molecule has 2 N–H and O–H groups in total. The maximum atomic E-state index is 9.62. The Morgan fingerprint density at radius 2 is 1.40 bits per heavy atom. The molecule has 1 rings (SSSR count). The molecule has 0 spiro atoms. The van der Waals surface area contributed by atoms with Crippen LogP contribution in [0.1, 0.15) is 40.0 Å². The van der Waals surface area contributed by atoms with Crippen LogP contribution in [0.5, 0.6) is 0 Å². The van der Waals surface area contributed by atoms with Gasteiger partial charge in [0.15, 0.2) is 0 Å². The monoisotopic (exact) mass is 216 g/mol. The van der Waals surface area contributed by atoms with Gasteiger partial charge in [0.1, 0.15) is 12.5 Å². The predicted octanol–water partition coefficient (Wildman–Crippen LogP) is 0.797. The number of aliphatic hydroxyl groups is 2. The van der Waals surface area contributed by atoms with E-state index >= 15 is 0 Å². The molecule has 1 fully saturated rings. The summed E-state index contributed by atoms with van der Waals surface area (Å²) in [4.78, 5) is 4.05. The molecule has 0 radical (unpaired) electrons. The van der Waals surface area contributed by atoms with E-state index in [1.807, 2.05) is 6.92 Å². The highest BCUT2D eigenvalue weighted by Gasteiger charge is 2.27. The lowest BCUT2D eigenvalue weighted by molar-refractivity contribution is -0.143. The van der Waals surface area contributed by atoms with Crippen molar-refractivity contribution in [3.8, 4) is 0 Å². The normalized spacial score (nSPS) is 25.2. The van der Waals surface area contributed by atoms with Gasteiger partial charge in [-0.25, -0.2) is 4.90 Å². The van der Waals surface area contributed by atoms with E-state index in [1.54, 1.807) is 18.7 Å². The molecule has 4 heteroatoms. The molecule has 0 aromatic carbocycles. The number of hydrogen-bond acceptors (Lipinski definition) is 4. The fourth-order valence-corrected chi connectivity index (χ4v) is 2.42. The Bertz CT molecular complexity index is 171. The van der Waals surface area contributed by atoms with E-state index in [-0.39, 0.29) is 6.17 Å². The van der Waals surface area contributed by atoms with Crippen LogP contribution in [0, 0.1) is 0 Å². The van der Waals surface area contributed by atoms with E-state index in [2.05, 4.69) is 4.90 Å². The Hall–Kier alpha value is -0.160. The molecule has 1 saturated heterocycles. The van der Waals surface area contributed by atoms with Gasteiger partial charge in [0.05, 0.1) is 6.17 Å². The van der Waals surface area contributed by atoms with Gasteiger partial charge in [-0.1, -0.05) is 6.42 Å². The zero-order valence-corrected chi connectivity index (χ0v) is 10.1. The van der Waals surface area contributed by atoms with E-state index in [0.29, 0.717) is 0 Å². The van der Waals surface area contributed by atoms with Gasteiger partial charge < -0.3 is 10.2 Å². The van der Waals surface area contributed by atoms with Gasteiger partial charge in [-0.05, 0) is 46.7 Å². The molecule has 4 nitrogen and oxygen atoms in total. The molecule has 90 valence electrons. The molecule has 3 atom stereocenters. The maximum Gasteiger partial charge on any atom is 0.107 e. The second-order valence-electron chi connectivity index (χ2n) is 4.44. The highest BCUT2D eigenvalue weighted by Crippen LogP contribution is 2.17. The van der Waals surface area contributed by atoms with E-state index < -0.39 is 12.5 Å². The summed E-state index contributed by atoms with van der Waals surface area (Å²) in [6, 6.07) is 0. The van der Waals surface area contributed by atoms with Crippen LogP contribution >= 0.6 is 0 Å². The number of piperidine rings is 1. The summed E-state index contributed by atoms with van der Waals surface area (Å²) >= 11 is 0. The van der Waals surface area contributed by atoms with Gasteiger partial charge in [0, 0.05) is 0 Å². The minimum atomic E-state index is -0.609. The van der Waals surface area contributed by atoms with Crippen LogP contribution in [0.15, 0.2) is 0 Å². The SMILES string of the molecule is CC(O)N(C(C)O)C(C)N1CCCCC1. The zero-order valence-electron chi connectivity index (χ0n) is 10.1. The van der Waals surface area contributed by atoms with E-state index in [0.717, 1.165) is 13.1 Å². The van der Waals surface area contributed by atoms with E-state index in [9.17, 15) is 10.2 Å². The van der Waals surface area contributed by atoms with Crippen molar-refractivity contribution < 1.29 is 10.2 Å². The van der Waals surface area contributed by atoms with E-state index in [4.69, 9.17) is 0 Å². The minimum Gasteiger partial charge on any atom is -0.379 e.